The van der Waals surface area contributed by atoms with Gasteiger partial charge in [-0.2, -0.15) is 0 Å². The minimum Gasteiger partial charge on any atom is -0.493 e. The third-order valence-corrected chi connectivity index (χ3v) is 3.20. The van der Waals surface area contributed by atoms with Crippen LogP contribution in [0.4, 0.5) is 0 Å². The van der Waals surface area contributed by atoms with E-state index in [2.05, 4.69) is 9.97 Å². The van der Waals surface area contributed by atoms with Gasteiger partial charge < -0.3 is 14.8 Å². The van der Waals surface area contributed by atoms with Crippen LogP contribution in [0.2, 0.25) is 0 Å². The second-order valence-corrected chi connectivity index (χ2v) is 4.80. The van der Waals surface area contributed by atoms with Gasteiger partial charge in [-0.3, -0.25) is 4.98 Å². The highest BCUT2D eigenvalue weighted by Gasteiger charge is 2.09. The Morgan fingerprint density at radius 2 is 1.95 bits per heavy atom. The van der Waals surface area contributed by atoms with Crippen molar-refractivity contribution in [2.75, 3.05) is 12.4 Å². The van der Waals surface area contributed by atoms with E-state index in [0.717, 1.165) is 10.8 Å². The predicted octanol–water partition coefficient (Wildman–Crippen LogP) is 0.327. The van der Waals surface area contributed by atoms with Gasteiger partial charge >= 0.3 is 7.12 Å². The Morgan fingerprint density at radius 3 is 2.58 bits per heavy atom. The van der Waals surface area contributed by atoms with Crippen LogP contribution in [0, 0.1) is 0 Å². The van der Waals surface area contributed by atoms with E-state index in [1.807, 2.05) is 0 Å². The van der Waals surface area contributed by atoms with Crippen molar-refractivity contribution in [1.82, 2.24) is 9.97 Å². The normalized spacial score (nSPS) is 10.2. The number of benzene rings is 1. The molecule has 19 heavy (non-hydrogen) atoms. The van der Waals surface area contributed by atoms with Gasteiger partial charge in [0.25, 0.3) is 0 Å². The van der Waals surface area contributed by atoms with E-state index < -0.39 is 7.12 Å². The van der Waals surface area contributed by atoms with Gasteiger partial charge in [0.05, 0.1) is 12.8 Å². The van der Waals surface area contributed by atoms with Crippen LogP contribution in [0.1, 0.15) is 0 Å². The van der Waals surface area contributed by atoms with Crippen LogP contribution in [0.25, 0.3) is 0 Å². The maximum atomic E-state index is 8.95. The van der Waals surface area contributed by atoms with Crippen molar-refractivity contribution in [2.24, 2.45) is 0 Å². The van der Waals surface area contributed by atoms with Crippen molar-refractivity contribution < 1.29 is 14.8 Å². The molecule has 0 aliphatic carbocycles. The molecule has 0 aliphatic rings. The summed E-state index contributed by atoms with van der Waals surface area (Å²) in [5.41, 5.74) is 0.446. The number of rotatable bonds is 6. The molecular weight excluding hydrogens is 263 g/mol. The van der Waals surface area contributed by atoms with Gasteiger partial charge in [-0.1, -0.05) is 12.1 Å². The fourth-order valence-electron chi connectivity index (χ4n) is 1.40. The highest BCUT2D eigenvalue weighted by atomic mass is 32.2. The molecule has 0 saturated carbocycles. The molecule has 0 spiro atoms. The Hall–Kier alpha value is -1.57. The van der Waals surface area contributed by atoms with Gasteiger partial charge in [0.1, 0.15) is 10.8 Å². The van der Waals surface area contributed by atoms with Gasteiger partial charge in [-0.25, -0.2) is 4.98 Å². The zero-order valence-corrected chi connectivity index (χ0v) is 11.0. The van der Waals surface area contributed by atoms with Crippen LogP contribution < -0.4 is 10.2 Å². The number of hydrogen-bond acceptors (Lipinski definition) is 6. The van der Waals surface area contributed by atoms with Crippen molar-refractivity contribution >= 4 is 24.3 Å². The smallest absolute Gasteiger partial charge is 0.488 e. The molecule has 0 fully saturated rings. The van der Waals surface area contributed by atoms with E-state index in [4.69, 9.17) is 14.8 Å². The minimum atomic E-state index is -1.44. The maximum absolute atomic E-state index is 8.95. The summed E-state index contributed by atoms with van der Waals surface area (Å²) < 4.78 is 5.53. The van der Waals surface area contributed by atoms with Crippen LogP contribution in [0.5, 0.6) is 5.75 Å². The lowest BCUT2D eigenvalue weighted by Gasteiger charge is -2.06. The maximum Gasteiger partial charge on any atom is 0.488 e. The fraction of sp³-hybridized carbons (Fsp3) is 0.167. The van der Waals surface area contributed by atoms with Gasteiger partial charge in [-0.05, 0) is 17.6 Å². The lowest BCUT2D eigenvalue weighted by molar-refractivity contribution is 0.344. The molecule has 5 nitrogen and oxygen atoms in total. The molecule has 0 saturated heterocycles. The molecule has 0 radical (unpaired) electrons. The summed E-state index contributed by atoms with van der Waals surface area (Å²) in [5, 5.41) is 18.8. The lowest BCUT2D eigenvalue weighted by Crippen LogP contribution is -2.29. The van der Waals surface area contributed by atoms with Crippen LogP contribution in [0.15, 0.2) is 47.9 Å². The predicted molar refractivity (Wildman–Crippen MR) is 74.5 cm³/mol. The molecule has 0 bridgehead atoms. The summed E-state index contributed by atoms with van der Waals surface area (Å²) >= 11 is 1.57. The topological polar surface area (TPSA) is 75.5 Å². The van der Waals surface area contributed by atoms with Crippen LogP contribution in [-0.2, 0) is 0 Å². The molecule has 0 aliphatic heterocycles. The molecule has 2 N–H and O–H groups in total. The Morgan fingerprint density at radius 1 is 1.16 bits per heavy atom. The molecular formula is C12H13BN2O3S. The molecule has 98 valence electrons. The van der Waals surface area contributed by atoms with Crippen molar-refractivity contribution in [2.45, 2.75) is 5.03 Å². The minimum absolute atomic E-state index is 0.446. The van der Waals surface area contributed by atoms with Gasteiger partial charge in [-0.15, -0.1) is 11.8 Å². The van der Waals surface area contributed by atoms with Crippen molar-refractivity contribution in [1.29, 1.82) is 0 Å². The van der Waals surface area contributed by atoms with Crippen LogP contribution in [0.3, 0.4) is 0 Å². The van der Waals surface area contributed by atoms with Crippen molar-refractivity contribution in [3.63, 3.8) is 0 Å². The zero-order valence-electron chi connectivity index (χ0n) is 10.1. The Balaban J connectivity index is 1.74. The van der Waals surface area contributed by atoms with Crippen molar-refractivity contribution in [3.8, 4) is 5.75 Å². The first-order chi connectivity index (χ1) is 9.25. The average Bonchev–Trinajstić information content (AvgIpc) is 2.45. The SMILES string of the molecule is OB(O)c1ccc(OCCSc2cnccn2)cc1. The Kier molecular flexibility index (Phi) is 5.20. The molecule has 0 unspecified atom stereocenters. The number of thioether (sulfide) groups is 1. The summed E-state index contributed by atoms with van der Waals surface area (Å²) in [5.74, 6) is 1.47. The second-order valence-electron chi connectivity index (χ2n) is 3.68. The number of hydrogen-bond donors (Lipinski definition) is 2. The first-order valence-corrected chi connectivity index (χ1v) is 6.72. The molecule has 1 aromatic heterocycles. The summed E-state index contributed by atoms with van der Waals surface area (Å²) in [7, 11) is -1.44. The van der Waals surface area contributed by atoms with Gasteiger partial charge in [0.15, 0.2) is 0 Å². The van der Waals surface area contributed by atoms with Crippen molar-refractivity contribution in [3.05, 3.63) is 42.9 Å². The van der Waals surface area contributed by atoms with E-state index in [1.165, 1.54) is 0 Å². The highest BCUT2D eigenvalue weighted by molar-refractivity contribution is 7.99. The van der Waals surface area contributed by atoms with E-state index in [9.17, 15) is 0 Å². The van der Waals surface area contributed by atoms with E-state index in [-0.39, 0.29) is 0 Å². The number of aromatic nitrogens is 2. The fourth-order valence-corrected chi connectivity index (χ4v) is 2.05. The standard InChI is InChI=1S/C12H13BN2O3S/c16-13(17)10-1-3-11(4-2-10)18-7-8-19-12-9-14-5-6-15-12/h1-6,9,16-17H,7-8H2. The average molecular weight is 276 g/mol. The number of ether oxygens (including phenoxy) is 1. The molecule has 2 aromatic rings. The summed E-state index contributed by atoms with van der Waals surface area (Å²) in [4.78, 5) is 8.12. The monoisotopic (exact) mass is 276 g/mol. The molecule has 1 aromatic carbocycles. The zero-order chi connectivity index (χ0) is 13.5. The summed E-state index contributed by atoms with van der Waals surface area (Å²) in [6.07, 6.45) is 5.00. The second kappa shape index (κ2) is 7.13. The molecule has 7 heteroatoms. The molecule has 2 rings (SSSR count). The van der Waals surface area contributed by atoms with Gasteiger partial charge in [0, 0.05) is 18.1 Å². The van der Waals surface area contributed by atoms with E-state index in [0.29, 0.717) is 17.8 Å². The van der Waals surface area contributed by atoms with E-state index in [1.54, 1.807) is 54.6 Å². The molecule has 1 heterocycles. The van der Waals surface area contributed by atoms with E-state index >= 15 is 0 Å². The first kappa shape index (κ1) is 13.9. The Bertz CT molecular complexity index is 496. The third kappa shape index (κ3) is 4.55. The lowest BCUT2D eigenvalue weighted by atomic mass is 9.80. The van der Waals surface area contributed by atoms with Gasteiger partial charge in [0.2, 0.25) is 0 Å². The Labute approximate surface area is 115 Å². The number of nitrogens with zero attached hydrogens (tertiary/aromatic N) is 2. The molecule has 0 amide bonds. The van der Waals surface area contributed by atoms with Crippen LogP contribution >= 0.6 is 11.8 Å². The first-order valence-electron chi connectivity index (χ1n) is 5.73. The third-order valence-electron chi connectivity index (χ3n) is 2.32. The summed E-state index contributed by atoms with van der Waals surface area (Å²) in [6, 6.07) is 6.66. The molecule has 0 atom stereocenters. The quantitative estimate of drug-likeness (QED) is 0.450. The van der Waals surface area contributed by atoms with Crippen LogP contribution in [-0.4, -0.2) is 39.5 Å². The highest BCUT2D eigenvalue weighted by Crippen LogP contribution is 2.14. The largest absolute Gasteiger partial charge is 0.493 e. The summed E-state index contributed by atoms with van der Waals surface area (Å²) in [6.45, 7) is 0.544.